The number of sulfonamides is 1. The van der Waals surface area contributed by atoms with Gasteiger partial charge in [-0.2, -0.15) is 13.2 Å². The van der Waals surface area contributed by atoms with Crippen LogP contribution in [0.2, 0.25) is 5.02 Å². The Balaban J connectivity index is 1.11. The summed E-state index contributed by atoms with van der Waals surface area (Å²) in [6.07, 6.45) is -3.14. The van der Waals surface area contributed by atoms with Crippen molar-refractivity contribution in [2.24, 2.45) is 0 Å². The number of carbonyl (C=O) groups excluding carboxylic acids is 1. The zero-order valence-electron chi connectivity index (χ0n) is 27.9. The molecule has 3 heterocycles. The number of alkyl halides is 3. The minimum atomic E-state index is -4.58. The molecule has 0 radical (unpaired) electrons. The summed E-state index contributed by atoms with van der Waals surface area (Å²) in [6, 6.07) is 21.2. The van der Waals surface area contributed by atoms with E-state index >= 15 is 0 Å². The lowest BCUT2D eigenvalue weighted by atomic mass is 9.89. The van der Waals surface area contributed by atoms with Gasteiger partial charge < -0.3 is 19.4 Å². The number of rotatable bonds is 10. The van der Waals surface area contributed by atoms with E-state index in [4.69, 9.17) is 16.3 Å². The molecule has 0 unspecified atom stereocenters. The van der Waals surface area contributed by atoms with Crippen molar-refractivity contribution < 1.29 is 31.1 Å². The van der Waals surface area contributed by atoms with Gasteiger partial charge in [0.05, 0.1) is 17.1 Å². The van der Waals surface area contributed by atoms with Crippen molar-refractivity contribution in [3.8, 4) is 11.6 Å². The van der Waals surface area contributed by atoms with E-state index in [1.54, 1.807) is 53.4 Å². The number of likely N-dealkylation sites (N-methyl/N-ethyl adjacent to an activating group) is 1. The maximum absolute atomic E-state index is 13.8. The molecule has 2 aliphatic rings. The van der Waals surface area contributed by atoms with Gasteiger partial charge in [-0.1, -0.05) is 42.8 Å². The van der Waals surface area contributed by atoms with Gasteiger partial charge in [0, 0.05) is 55.9 Å². The third-order valence-electron chi connectivity index (χ3n) is 9.20. The normalized spacial score (nSPS) is 16.3. The molecule has 2 fully saturated rings. The van der Waals surface area contributed by atoms with Crippen LogP contribution in [0.25, 0.3) is 0 Å². The number of nitrogens with zero attached hydrogens (tertiary/aromatic N) is 5. The predicted octanol–water partition coefficient (Wildman–Crippen LogP) is 7.04. The molecule has 2 aliphatic heterocycles. The number of piperazine rings is 1. The van der Waals surface area contributed by atoms with Crippen molar-refractivity contribution in [1.29, 1.82) is 0 Å². The number of nitrogens with one attached hydrogen (secondary N) is 1. The van der Waals surface area contributed by atoms with Gasteiger partial charge in [0.25, 0.3) is 5.91 Å². The van der Waals surface area contributed by atoms with Crippen LogP contribution in [0.3, 0.4) is 0 Å². The minimum Gasteiger partial charge on any atom is -0.438 e. The number of hydrogen-bond acceptors (Lipinski definition) is 8. The summed E-state index contributed by atoms with van der Waals surface area (Å²) in [7, 11) is -3.84. The number of benzene rings is 3. The van der Waals surface area contributed by atoms with E-state index < -0.39 is 21.9 Å². The highest BCUT2D eigenvalue weighted by atomic mass is 35.5. The maximum Gasteiger partial charge on any atom is 0.435 e. The molecule has 51 heavy (non-hydrogen) atoms. The first kappa shape index (κ1) is 36.4. The molecular weight excluding hydrogens is 705 g/mol. The zero-order valence-corrected chi connectivity index (χ0v) is 29.5. The van der Waals surface area contributed by atoms with E-state index in [2.05, 4.69) is 31.6 Å². The average molecular weight is 743 g/mol. The predicted molar refractivity (Wildman–Crippen MR) is 190 cm³/mol. The second-order valence-corrected chi connectivity index (χ2v) is 14.8. The third kappa shape index (κ3) is 9.29. The van der Waals surface area contributed by atoms with E-state index in [0.29, 0.717) is 40.7 Å². The molecule has 10 nitrogen and oxygen atoms in total. The van der Waals surface area contributed by atoms with Gasteiger partial charge in [-0.15, -0.1) is 10.2 Å². The first-order valence-electron chi connectivity index (χ1n) is 16.7. The summed E-state index contributed by atoms with van der Waals surface area (Å²) >= 11 is 6.10. The molecule has 1 amide bonds. The Morgan fingerprint density at radius 2 is 1.65 bits per heavy atom. The fourth-order valence-corrected chi connectivity index (χ4v) is 7.84. The van der Waals surface area contributed by atoms with E-state index in [-0.39, 0.29) is 23.5 Å². The second-order valence-electron chi connectivity index (χ2n) is 12.6. The van der Waals surface area contributed by atoms with Gasteiger partial charge in [-0.25, -0.2) is 8.42 Å². The van der Waals surface area contributed by atoms with Crippen LogP contribution >= 0.6 is 11.6 Å². The summed E-state index contributed by atoms with van der Waals surface area (Å²) in [6.45, 7) is 7.25. The Hall–Kier alpha value is -4.40. The highest BCUT2D eigenvalue weighted by Crippen LogP contribution is 2.34. The maximum atomic E-state index is 13.8. The second kappa shape index (κ2) is 15.5. The van der Waals surface area contributed by atoms with Gasteiger partial charge in [0.2, 0.25) is 15.9 Å². The Morgan fingerprint density at radius 3 is 2.27 bits per heavy atom. The first-order chi connectivity index (χ1) is 24.4. The molecule has 3 aromatic carbocycles. The number of aromatic nitrogens is 2. The van der Waals surface area contributed by atoms with Gasteiger partial charge in [0.15, 0.2) is 5.69 Å². The number of ether oxygens (including phenoxy) is 1. The summed E-state index contributed by atoms with van der Waals surface area (Å²) in [5.74, 6) is 0.111. The number of amides is 1. The summed E-state index contributed by atoms with van der Waals surface area (Å²) in [5.41, 5.74) is 2.01. The van der Waals surface area contributed by atoms with Crippen LogP contribution in [-0.4, -0.2) is 80.1 Å². The number of anilines is 2. The van der Waals surface area contributed by atoms with Gasteiger partial charge in [-0.05, 0) is 85.0 Å². The highest BCUT2D eigenvalue weighted by molar-refractivity contribution is 7.91. The third-order valence-corrected chi connectivity index (χ3v) is 10.7. The quantitative estimate of drug-likeness (QED) is 0.184. The van der Waals surface area contributed by atoms with Crippen LogP contribution in [0.15, 0.2) is 78.9 Å². The Labute approximate surface area is 300 Å². The van der Waals surface area contributed by atoms with E-state index in [0.717, 1.165) is 68.9 Å². The fraction of sp³-hybridized carbons (Fsp3) is 0.361. The van der Waals surface area contributed by atoms with Crippen molar-refractivity contribution in [2.75, 3.05) is 55.4 Å². The van der Waals surface area contributed by atoms with Crippen molar-refractivity contribution in [2.45, 2.75) is 37.6 Å². The van der Waals surface area contributed by atoms with Crippen molar-refractivity contribution in [3.05, 3.63) is 106 Å². The van der Waals surface area contributed by atoms with Crippen LogP contribution in [-0.2, 0) is 22.0 Å². The van der Waals surface area contributed by atoms with Gasteiger partial charge in [-0.3, -0.25) is 9.52 Å². The van der Waals surface area contributed by atoms with E-state index in [1.165, 1.54) is 0 Å². The van der Waals surface area contributed by atoms with E-state index in [9.17, 15) is 26.4 Å². The zero-order chi connectivity index (χ0) is 36.2. The van der Waals surface area contributed by atoms with Crippen LogP contribution < -0.4 is 14.4 Å². The molecule has 0 aliphatic carbocycles. The molecule has 6 rings (SSSR count). The molecule has 0 spiro atoms. The number of halogens is 4. The molecule has 0 atom stereocenters. The highest BCUT2D eigenvalue weighted by Gasteiger charge is 2.33. The summed E-state index contributed by atoms with van der Waals surface area (Å²) < 4.78 is 73.4. The van der Waals surface area contributed by atoms with E-state index in [1.807, 2.05) is 18.2 Å². The molecule has 1 aromatic heterocycles. The number of likely N-dealkylation sites (tertiary alicyclic amines) is 1. The standard InChI is InChI=1S/C36H38ClF3N6O4S/c1-2-44-18-20-45(21-19-44)32-11-8-28(23-31(32)43-51(48,49)24-25-4-3-5-29(37)22-25)35(47)46-16-14-27(15-17-46)26-6-9-30(10-7-26)50-34-13-12-33(41-42-34)36(38,39)40/h3-13,22-23,27,43H,2,14-21,24H2,1H3. The Morgan fingerprint density at radius 1 is 0.922 bits per heavy atom. The fourth-order valence-electron chi connectivity index (χ4n) is 6.43. The molecule has 0 bridgehead atoms. The number of piperidine rings is 1. The van der Waals surface area contributed by atoms with Gasteiger partial charge >= 0.3 is 6.18 Å². The van der Waals surface area contributed by atoms with Crippen molar-refractivity contribution >= 4 is 38.9 Å². The van der Waals surface area contributed by atoms with Crippen LogP contribution in [0.1, 0.15) is 52.9 Å². The van der Waals surface area contributed by atoms with Crippen molar-refractivity contribution in [1.82, 2.24) is 20.0 Å². The minimum absolute atomic E-state index is 0.0493. The van der Waals surface area contributed by atoms with Gasteiger partial charge in [0.1, 0.15) is 5.75 Å². The first-order valence-corrected chi connectivity index (χ1v) is 18.7. The Kier molecular flexibility index (Phi) is 11.0. The Bertz CT molecular complexity index is 1930. The molecular formula is C36H38ClF3N6O4S. The summed E-state index contributed by atoms with van der Waals surface area (Å²) in [5, 5.41) is 7.14. The average Bonchev–Trinajstić information content (AvgIpc) is 3.11. The molecule has 1 N–H and O–H groups in total. The monoisotopic (exact) mass is 742 g/mol. The lowest BCUT2D eigenvalue weighted by Gasteiger charge is -2.36. The van der Waals surface area contributed by atoms with Crippen LogP contribution in [0.5, 0.6) is 11.6 Å². The number of hydrogen-bond donors (Lipinski definition) is 1. The SMILES string of the molecule is CCN1CCN(c2ccc(C(=O)N3CCC(c4ccc(Oc5ccc(C(F)(F)F)nn5)cc4)CC3)cc2NS(=O)(=O)Cc2cccc(Cl)c2)CC1. The lowest BCUT2D eigenvalue weighted by Crippen LogP contribution is -2.46. The van der Waals surface area contributed by atoms with Crippen molar-refractivity contribution in [3.63, 3.8) is 0 Å². The molecule has 270 valence electrons. The topological polar surface area (TPSA) is 108 Å². The lowest BCUT2D eigenvalue weighted by molar-refractivity contribution is -0.141. The molecule has 15 heteroatoms. The van der Waals surface area contributed by atoms with Crippen LogP contribution in [0, 0.1) is 0 Å². The van der Waals surface area contributed by atoms with Crippen LogP contribution in [0.4, 0.5) is 24.5 Å². The number of carbonyl (C=O) groups is 1. The molecule has 0 saturated carbocycles. The molecule has 2 saturated heterocycles. The largest absolute Gasteiger partial charge is 0.438 e. The molecule has 4 aromatic rings. The smallest absolute Gasteiger partial charge is 0.435 e. The summed E-state index contributed by atoms with van der Waals surface area (Å²) in [4.78, 5) is 20.0.